The molecular formula is C19H21F5N8O. The van der Waals surface area contributed by atoms with Crippen molar-refractivity contribution in [2.45, 2.75) is 49.9 Å². The molecule has 1 aliphatic carbocycles. The molecule has 14 heteroatoms. The predicted octanol–water partition coefficient (Wildman–Crippen LogP) is 3.05. The number of halogens is 5. The molecule has 33 heavy (non-hydrogen) atoms. The van der Waals surface area contributed by atoms with Crippen LogP contribution in [0.3, 0.4) is 0 Å². The fraction of sp³-hybridized carbons (Fsp3) is 0.474. The number of anilines is 2. The number of carbonyl (C=O) groups excluding carboxylic acids is 1. The average Bonchev–Trinajstić information content (AvgIpc) is 3.32. The highest BCUT2D eigenvalue weighted by atomic mass is 19.4. The zero-order valence-electron chi connectivity index (χ0n) is 17.4. The number of aromatic nitrogens is 5. The molecular weight excluding hydrogens is 451 g/mol. The minimum absolute atomic E-state index is 0.00329. The fourth-order valence-electron chi connectivity index (χ4n) is 3.77. The molecule has 1 amide bonds. The summed E-state index contributed by atoms with van der Waals surface area (Å²) in [5.74, 6) is -5.78. The van der Waals surface area contributed by atoms with Crippen molar-refractivity contribution >= 4 is 23.1 Å². The summed E-state index contributed by atoms with van der Waals surface area (Å²) in [6.45, 7) is 0. The maximum atomic E-state index is 13.9. The normalized spacial score (nSPS) is 19.6. The van der Waals surface area contributed by atoms with Crippen LogP contribution >= 0.6 is 0 Å². The van der Waals surface area contributed by atoms with Crippen LogP contribution in [0.15, 0.2) is 24.7 Å². The fourth-order valence-corrected chi connectivity index (χ4v) is 3.77. The van der Waals surface area contributed by atoms with Gasteiger partial charge in [-0.2, -0.15) is 32.1 Å². The third kappa shape index (κ3) is 4.34. The van der Waals surface area contributed by atoms with E-state index in [0.717, 1.165) is 49.8 Å². The van der Waals surface area contributed by atoms with Gasteiger partial charge in [0.25, 0.3) is 5.91 Å². The Kier molecular flexibility index (Phi) is 5.72. The van der Waals surface area contributed by atoms with Crippen LogP contribution in [0.25, 0.3) is 5.65 Å². The van der Waals surface area contributed by atoms with Crippen LogP contribution < -0.4 is 16.4 Å². The molecule has 3 heterocycles. The van der Waals surface area contributed by atoms with Crippen LogP contribution in [0.2, 0.25) is 0 Å². The average molecular weight is 472 g/mol. The molecule has 4 rings (SSSR count). The number of hydrogen-bond donors (Lipinski definition) is 3. The number of aryl methyl sites for hydroxylation is 1. The number of nitrogens with one attached hydrogen (secondary N) is 2. The number of nitrogens with zero attached hydrogens (tertiary/aromatic N) is 5. The molecule has 0 saturated heterocycles. The van der Waals surface area contributed by atoms with E-state index in [1.54, 1.807) is 12.3 Å². The Labute approximate surface area is 184 Å². The Bertz CT molecular complexity index is 1170. The Hall–Kier alpha value is -3.29. The lowest BCUT2D eigenvalue weighted by Crippen LogP contribution is -2.42. The summed E-state index contributed by atoms with van der Waals surface area (Å²) in [7, 11) is 1.16. The Morgan fingerprint density at radius 1 is 1.21 bits per heavy atom. The summed E-state index contributed by atoms with van der Waals surface area (Å²) in [5, 5.41) is 12.5. The summed E-state index contributed by atoms with van der Waals surface area (Å²) in [6.07, 6.45) is 1.46. The number of carbonyl (C=O) groups is 1. The molecule has 9 nitrogen and oxygen atoms in total. The molecule has 0 aliphatic heterocycles. The predicted molar refractivity (Wildman–Crippen MR) is 108 cm³/mol. The first kappa shape index (κ1) is 22.9. The third-order valence-electron chi connectivity index (χ3n) is 5.50. The summed E-state index contributed by atoms with van der Waals surface area (Å²) in [6, 6.07) is 1.59. The second kappa shape index (κ2) is 8.24. The van der Waals surface area contributed by atoms with E-state index in [0.29, 0.717) is 5.82 Å². The van der Waals surface area contributed by atoms with Gasteiger partial charge in [0.2, 0.25) is 0 Å². The summed E-state index contributed by atoms with van der Waals surface area (Å²) < 4.78 is 68.3. The van der Waals surface area contributed by atoms with Crippen LogP contribution in [0.4, 0.5) is 33.5 Å². The Morgan fingerprint density at radius 2 is 1.94 bits per heavy atom. The molecule has 1 saturated carbocycles. The van der Waals surface area contributed by atoms with E-state index in [-0.39, 0.29) is 23.3 Å². The van der Waals surface area contributed by atoms with Crippen molar-refractivity contribution < 1.29 is 26.7 Å². The van der Waals surface area contributed by atoms with Gasteiger partial charge in [0.15, 0.2) is 11.3 Å². The molecule has 0 bridgehead atoms. The van der Waals surface area contributed by atoms with Gasteiger partial charge in [0.05, 0.1) is 11.9 Å². The van der Waals surface area contributed by atoms with Crippen molar-refractivity contribution in [1.29, 1.82) is 0 Å². The molecule has 3 aromatic heterocycles. The standard InChI is InChI=1S/C19H21F5N8O/c1-31-9-13(15(30-31)18(20,21)19(22,23)24)28-17(33)10-8-26-32-7-6-14(29-16(10)32)27-12-5-3-2-4-11(12)25/h6-9,11-12H,2-5,25H2,1H3,(H,27,29)(H,28,33)/t11-,12+/m0/s1. The summed E-state index contributed by atoms with van der Waals surface area (Å²) >= 11 is 0. The smallest absolute Gasteiger partial charge is 0.366 e. The first-order valence-electron chi connectivity index (χ1n) is 10.1. The van der Waals surface area contributed by atoms with E-state index in [4.69, 9.17) is 5.73 Å². The summed E-state index contributed by atoms with van der Waals surface area (Å²) in [4.78, 5) is 17.1. The molecule has 0 radical (unpaired) electrons. The Balaban J connectivity index is 1.61. The molecule has 178 valence electrons. The van der Waals surface area contributed by atoms with Gasteiger partial charge in [-0.3, -0.25) is 9.48 Å². The van der Waals surface area contributed by atoms with Crippen LogP contribution in [0.1, 0.15) is 41.7 Å². The highest BCUT2D eigenvalue weighted by molar-refractivity contribution is 6.08. The van der Waals surface area contributed by atoms with Gasteiger partial charge in [0.1, 0.15) is 11.4 Å². The highest BCUT2D eigenvalue weighted by Gasteiger charge is 2.61. The largest absolute Gasteiger partial charge is 0.459 e. The van der Waals surface area contributed by atoms with E-state index < -0.39 is 29.4 Å². The molecule has 2 atom stereocenters. The van der Waals surface area contributed by atoms with Gasteiger partial charge in [-0.05, 0) is 18.9 Å². The molecule has 3 aromatic rings. The lowest BCUT2D eigenvalue weighted by atomic mass is 9.91. The van der Waals surface area contributed by atoms with Crippen LogP contribution in [-0.2, 0) is 13.0 Å². The van der Waals surface area contributed by atoms with Gasteiger partial charge in [0, 0.05) is 31.5 Å². The highest BCUT2D eigenvalue weighted by Crippen LogP contribution is 2.45. The number of nitrogens with two attached hydrogens (primary N) is 1. The maximum Gasteiger partial charge on any atom is 0.459 e. The minimum Gasteiger partial charge on any atom is -0.366 e. The monoisotopic (exact) mass is 472 g/mol. The number of fused-ring (bicyclic) bond motifs is 1. The molecule has 1 aliphatic rings. The quantitative estimate of drug-likeness (QED) is 0.492. The first-order valence-corrected chi connectivity index (χ1v) is 10.1. The molecule has 0 aromatic carbocycles. The Morgan fingerprint density at radius 3 is 2.64 bits per heavy atom. The van der Waals surface area contributed by atoms with Gasteiger partial charge in [-0.1, -0.05) is 12.8 Å². The van der Waals surface area contributed by atoms with Crippen LogP contribution in [0, 0.1) is 0 Å². The van der Waals surface area contributed by atoms with Gasteiger partial charge in [-0.15, -0.1) is 0 Å². The van der Waals surface area contributed by atoms with E-state index in [1.807, 2.05) is 0 Å². The van der Waals surface area contributed by atoms with Gasteiger partial charge < -0.3 is 16.4 Å². The van der Waals surface area contributed by atoms with E-state index in [2.05, 4.69) is 25.8 Å². The van der Waals surface area contributed by atoms with Crippen LogP contribution in [0.5, 0.6) is 0 Å². The van der Waals surface area contributed by atoms with Crippen molar-refractivity contribution in [3.05, 3.63) is 35.9 Å². The number of hydrogen-bond acceptors (Lipinski definition) is 6. The maximum absolute atomic E-state index is 13.9. The second-order valence-corrected chi connectivity index (χ2v) is 7.93. The SMILES string of the molecule is Cn1cc(NC(=O)c2cnn3ccc(N[C@@H]4CCCC[C@@H]4N)nc23)c(C(F)(F)C(F)(F)F)n1. The van der Waals surface area contributed by atoms with E-state index in [9.17, 15) is 26.7 Å². The number of alkyl halides is 5. The lowest BCUT2D eigenvalue weighted by molar-refractivity contribution is -0.290. The van der Waals surface area contributed by atoms with Crippen molar-refractivity contribution in [2.24, 2.45) is 12.8 Å². The number of amides is 1. The molecule has 1 fully saturated rings. The first-order chi connectivity index (χ1) is 15.5. The number of rotatable bonds is 5. The van der Waals surface area contributed by atoms with Crippen molar-refractivity contribution in [3.63, 3.8) is 0 Å². The lowest BCUT2D eigenvalue weighted by Gasteiger charge is -2.29. The van der Waals surface area contributed by atoms with Gasteiger partial charge in [-0.25, -0.2) is 9.50 Å². The second-order valence-electron chi connectivity index (χ2n) is 7.93. The van der Waals surface area contributed by atoms with Gasteiger partial charge >= 0.3 is 12.1 Å². The van der Waals surface area contributed by atoms with Crippen LogP contribution in [-0.4, -0.2) is 48.5 Å². The zero-order chi connectivity index (χ0) is 24.0. The minimum atomic E-state index is -5.88. The van der Waals surface area contributed by atoms with Crippen molar-refractivity contribution in [3.8, 4) is 0 Å². The van der Waals surface area contributed by atoms with Crippen molar-refractivity contribution in [1.82, 2.24) is 24.4 Å². The zero-order valence-corrected chi connectivity index (χ0v) is 17.4. The van der Waals surface area contributed by atoms with Crippen molar-refractivity contribution in [2.75, 3.05) is 10.6 Å². The van der Waals surface area contributed by atoms with E-state index >= 15 is 0 Å². The van der Waals surface area contributed by atoms with E-state index in [1.165, 1.54) is 4.52 Å². The molecule has 0 spiro atoms. The molecule has 4 N–H and O–H groups in total. The topological polar surface area (TPSA) is 115 Å². The third-order valence-corrected chi connectivity index (χ3v) is 5.50. The molecule has 0 unspecified atom stereocenters. The summed E-state index contributed by atoms with van der Waals surface area (Å²) in [5.41, 5.74) is 3.74.